The van der Waals surface area contributed by atoms with Gasteiger partial charge in [0, 0.05) is 12.1 Å². The van der Waals surface area contributed by atoms with Crippen molar-refractivity contribution in [1.29, 1.82) is 5.26 Å². The zero-order valence-electron chi connectivity index (χ0n) is 12.1. The van der Waals surface area contributed by atoms with Gasteiger partial charge >= 0.3 is 0 Å². The Morgan fingerprint density at radius 1 is 1.48 bits per heavy atom. The molecule has 0 fully saturated rings. The molecule has 112 valence electrons. The molecule has 0 unspecified atom stereocenters. The molecule has 7 heteroatoms. The van der Waals surface area contributed by atoms with Gasteiger partial charge in [0.2, 0.25) is 0 Å². The standard InChI is InChI=1S/C14H17N3O4/c1-10(2)14(3,9-15)16-13(18)8-21-12-6-4-11(5-7-12)17(19)20/h4-7,10H,8H2,1-3H3,(H,16,18)/t14-/m1/s1. The van der Waals surface area contributed by atoms with Crippen LogP contribution in [-0.4, -0.2) is 23.0 Å². The third-order valence-electron chi connectivity index (χ3n) is 3.20. The number of carbonyl (C=O) groups excluding carboxylic acids is 1. The molecular formula is C14H17N3O4. The molecule has 1 rings (SSSR count). The number of carbonyl (C=O) groups is 1. The molecule has 0 radical (unpaired) electrons. The van der Waals surface area contributed by atoms with Gasteiger partial charge in [-0.2, -0.15) is 5.26 Å². The fourth-order valence-electron chi connectivity index (χ4n) is 1.44. The second-order valence-electron chi connectivity index (χ2n) is 5.06. The van der Waals surface area contributed by atoms with Crippen LogP contribution < -0.4 is 10.1 Å². The normalized spacial score (nSPS) is 13.1. The number of hydrogen-bond acceptors (Lipinski definition) is 5. The van der Waals surface area contributed by atoms with Crippen molar-refractivity contribution in [2.45, 2.75) is 26.3 Å². The van der Waals surface area contributed by atoms with Gasteiger partial charge in [0.1, 0.15) is 11.3 Å². The Hall–Kier alpha value is -2.62. The van der Waals surface area contributed by atoms with Crippen molar-refractivity contribution in [2.24, 2.45) is 5.92 Å². The van der Waals surface area contributed by atoms with E-state index in [1.54, 1.807) is 6.92 Å². The van der Waals surface area contributed by atoms with Crippen molar-refractivity contribution in [3.63, 3.8) is 0 Å². The quantitative estimate of drug-likeness (QED) is 0.637. The lowest BCUT2D eigenvalue weighted by atomic mass is 9.90. The maximum absolute atomic E-state index is 11.8. The minimum atomic E-state index is -0.962. The van der Waals surface area contributed by atoms with E-state index in [9.17, 15) is 14.9 Å². The number of nitro benzene ring substituents is 1. The summed E-state index contributed by atoms with van der Waals surface area (Å²) in [5.74, 6) is -0.129. The van der Waals surface area contributed by atoms with Crippen molar-refractivity contribution in [3.8, 4) is 11.8 Å². The third kappa shape index (κ3) is 4.45. The highest BCUT2D eigenvalue weighted by atomic mass is 16.6. The molecule has 0 aliphatic rings. The number of non-ortho nitro benzene ring substituents is 1. The number of hydrogen-bond donors (Lipinski definition) is 1. The maximum Gasteiger partial charge on any atom is 0.269 e. The first-order chi connectivity index (χ1) is 9.78. The number of amides is 1. The lowest BCUT2D eigenvalue weighted by Gasteiger charge is -2.27. The molecule has 0 saturated heterocycles. The summed E-state index contributed by atoms with van der Waals surface area (Å²) >= 11 is 0. The zero-order chi connectivity index (χ0) is 16.0. The van der Waals surface area contributed by atoms with Gasteiger partial charge in [-0.3, -0.25) is 14.9 Å². The van der Waals surface area contributed by atoms with Crippen LogP contribution >= 0.6 is 0 Å². The molecule has 1 aromatic rings. The van der Waals surface area contributed by atoms with E-state index in [0.717, 1.165) is 0 Å². The fourth-order valence-corrected chi connectivity index (χ4v) is 1.44. The summed E-state index contributed by atoms with van der Waals surface area (Å²) in [7, 11) is 0. The number of nitrogens with one attached hydrogen (secondary N) is 1. The summed E-state index contributed by atoms with van der Waals surface area (Å²) < 4.78 is 5.23. The summed E-state index contributed by atoms with van der Waals surface area (Å²) in [4.78, 5) is 21.8. The molecule has 1 amide bonds. The van der Waals surface area contributed by atoms with Gasteiger partial charge in [-0.05, 0) is 25.0 Å². The molecule has 1 atom stereocenters. The van der Waals surface area contributed by atoms with E-state index >= 15 is 0 Å². The average Bonchev–Trinajstić information content (AvgIpc) is 2.45. The Balaban J connectivity index is 2.57. The number of rotatable bonds is 6. The first kappa shape index (κ1) is 16.4. The molecule has 0 heterocycles. The molecule has 0 bridgehead atoms. The molecule has 0 aromatic heterocycles. The highest BCUT2D eigenvalue weighted by molar-refractivity contribution is 5.78. The molecule has 0 saturated carbocycles. The fraction of sp³-hybridized carbons (Fsp3) is 0.429. The smallest absolute Gasteiger partial charge is 0.269 e. The highest BCUT2D eigenvalue weighted by Crippen LogP contribution is 2.18. The average molecular weight is 291 g/mol. The number of nitro groups is 1. The molecule has 1 aromatic carbocycles. The van der Waals surface area contributed by atoms with E-state index in [1.807, 2.05) is 13.8 Å². The first-order valence-corrected chi connectivity index (χ1v) is 6.38. The minimum Gasteiger partial charge on any atom is -0.484 e. The Morgan fingerprint density at radius 3 is 2.48 bits per heavy atom. The Morgan fingerprint density at radius 2 is 2.05 bits per heavy atom. The Labute approximate surface area is 122 Å². The van der Waals surface area contributed by atoms with Crippen molar-refractivity contribution in [1.82, 2.24) is 5.32 Å². The third-order valence-corrected chi connectivity index (χ3v) is 3.20. The molecule has 21 heavy (non-hydrogen) atoms. The van der Waals surface area contributed by atoms with E-state index in [2.05, 4.69) is 11.4 Å². The molecule has 0 aliphatic carbocycles. The molecule has 1 N–H and O–H groups in total. The van der Waals surface area contributed by atoms with Crippen LogP contribution in [0.2, 0.25) is 0 Å². The van der Waals surface area contributed by atoms with Gasteiger partial charge in [-0.25, -0.2) is 0 Å². The van der Waals surface area contributed by atoms with Crippen LogP contribution in [0.3, 0.4) is 0 Å². The van der Waals surface area contributed by atoms with Crippen LogP contribution in [0.4, 0.5) is 5.69 Å². The predicted molar refractivity (Wildman–Crippen MR) is 75.6 cm³/mol. The van der Waals surface area contributed by atoms with E-state index < -0.39 is 16.4 Å². The van der Waals surface area contributed by atoms with Crippen LogP contribution in [0.25, 0.3) is 0 Å². The van der Waals surface area contributed by atoms with Crippen LogP contribution in [-0.2, 0) is 4.79 Å². The molecule has 7 nitrogen and oxygen atoms in total. The van der Waals surface area contributed by atoms with E-state index in [0.29, 0.717) is 5.75 Å². The highest BCUT2D eigenvalue weighted by Gasteiger charge is 2.29. The van der Waals surface area contributed by atoms with Crippen molar-refractivity contribution >= 4 is 11.6 Å². The van der Waals surface area contributed by atoms with Gasteiger partial charge in [0.25, 0.3) is 11.6 Å². The van der Waals surface area contributed by atoms with E-state index in [1.165, 1.54) is 24.3 Å². The van der Waals surface area contributed by atoms with Gasteiger partial charge in [-0.1, -0.05) is 13.8 Å². The lowest BCUT2D eigenvalue weighted by Crippen LogP contribution is -2.50. The lowest BCUT2D eigenvalue weighted by molar-refractivity contribution is -0.384. The summed E-state index contributed by atoms with van der Waals surface area (Å²) in [5, 5.41) is 22.2. The second kappa shape index (κ2) is 6.70. The van der Waals surface area contributed by atoms with Crippen molar-refractivity contribution in [2.75, 3.05) is 6.61 Å². The first-order valence-electron chi connectivity index (χ1n) is 6.38. The maximum atomic E-state index is 11.8. The summed E-state index contributed by atoms with van der Waals surface area (Å²) in [6.07, 6.45) is 0. The van der Waals surface area contributed by atoms with Gasteiger partial charge in [0.05, 0.1) is 11.0 Å². The Kier molecular flexibility index (Phi) is 5.24. The Bertz CT molecular complexity index is 563. The largest absolute Gasteiger partial charge is 0.484 e. The molecule has 0 aliphatic heterocycles. The summed E-state index contributed by atoms with van der Waals surface area (Å²) in [6, 6.07) is 7.48. The number of ether oxygens (including phenoxy) is 1. The van der Waals surface area contributed by atoms with Crippen molar-refractivity contribution < 1.29 is 14.5 Å². The van der Waals surface area contributed by atoms with Gasteiger partial charge < -0.3 is 10.1 Å². The van der Waals surface area contributed by atoms with E-state index in [-0.39, 0.29) is 18.2 Å². The second-order valence-corrected chi connectivity index (χ2v) is 5.06. The number of nitriles is 1. The van der Waals surface area contributed by atoms with Crippen LogP contribution in [0, 0.1) is 27.4 Å². The van der Waals surface area contributed by atoms with E-state index in [4.69, 9.17) is 10.00 Å². The van der Waals surface area contributed by atoms with Crippen LogP contribution in [0.5, 0.6) is 5.75 Å². The SMILES string of the molecule is CC(C)[C@@](C)(C#N)NC(=O)COc1ccc([N+](=O)[O-])cc1. The monoisotopic (exact) mass is 291 g/mol. The molecule has 0 spiro atoms. The van der Waals surface area contributed by atoms with Crippen LogP contribution in [0.1, 0.15) is 20.8 Å². The van der Waals surface area contributed by atoms with Crippen molar-refractivity contribution in [3.05, 3.63) is 34.4 Å². The minimum absolute atomic E-state index is 0.0502. The predicted octanol–water partition coefficient (Wildman–Crippen LogP) is 2.03. The summed E-state index contributed by atoms with van der Waals surface area (Å²) in [6.45, 7) is 5.05. The topological polar surface area (TPSA) is 105 Å². The number of nitrogens with zero attached hydrogens (tertiary/aromatic N) is 2. The van der Waals surface area contributed by atoms with Crippen LogP contribution in [0.15, 0.2) is 24.3 Å². The van der Waals surface area contributed by atoms with Gasteiger partial charge in [0.15, 0.2) is 6.61 Å². The summed E-state index contributed by atoms with van der Waals surface area (Å²) in [5.41, 5.74) is -1.01. The molecular weight excluding hydrogens is 274 g/mol. The zero-order valence-corrected chi connectivity index (χ0v) is 12.1. The number of benzene rings is 1. The van der Waals surface area contributed by atoms with Gasteiger partial charge in [-0.15, -0.1) is 0 Å².